The third-order valence-electron chi connectivity index (χ3n) is 4.77. The molecular formula is C17H18F3N3O. The smallest absolute Gasteiger partial charge is 0.341 e. The van der Waals surface area contributed by atoms with E-state index in [-0.39, 0.29) is 11.6 Å². The van der Waals surface area contributed by atoms with Gasteiger partial charge in [0.25, 0.3) is 5.91 Å². The van der Waals surface area contributed by atoms with Gasteiger partial charge >= 0.3 is 6.18 Å². The summed E-state index contributed by atoms with van der Waals surface area (Å²) in [7, 11) is 0. The Labute approximate surface area is 137 Å². The largest absolute Gasteiger partial charge is 0.416 e. The Kier molecular flexibility index (Phi) is 3.89. The van der Waals surface area contributed by atoms with Crippen molar-refractivity contribution in [2.75, 3.05) is 0 Å². The fourth-order valence-corrected chi connectivity index (χ4v) is 2.99. The van der Waals surface area contributed by atoms with Crippen molar-refractivity contribution in [1.82, 2.24) is 15.5 Å². The summed E-state index contributed by atoms with van der Waals surface area (Å²) in [5, 5.41) is 9.65. The fraction of sp³-hybridized carbons (Fsp3) is 0.412. The van der Waals surface area contributed by atoms with E-state index in [4.69, 9.17) is 0 Å². The molecule has 1 aliphatic rings. The molecule has 1 aromatic carbocycles. The molecule has 2 aromatic rings. The lowest BCUT2D eigenvalue weighted by molar-refractivity contribution is -0.137. The number of aromatic amines is 1. The van der Waals surface area contributed by atoms with E-state index < -0.39 is 17.3 Å². The molecule has 1 aliphatic carbocycles. The van der Waals surface area contributed by atoms with Crippen LogP contribution in [0.5, 0.6) is 0 Å². The standard InChI is InChI=1S/C17H18F3N3O/c1-10-11(2)22-23-14(10)15(24)21-16(7-4-8-16)12-5-3-6-13(9-12)17(18,19)20/h3,5-6,9H,4,7-8H2,1-2H3,(H,21,24)(H,22,23). The number of rotatable bonds is 3. The van der Waals surface area contributed by atoms with Gasteiger partial charge in [0.1, 0.15) is 0 Å². The number of amides is 1. The topological polar surface area (TPSA) is 57.8 Å². The first-order chi connectivity index (χ1) is 11.2. The van der Waals surface area contributed by atoms with Gasteiger partial charge in [-0.25, -0.2) is 0 Å². The highest BCUT2D eigenvalue weighted by Gasteiger charge is 2.42. The predicted octanol–water partition coefficient (Wildman–Crippen LogP) is 3.85. The summed E-state index contributed by atoms with van der Waals surface area (Å²) in [6.07, 6.45) is -2.32. The number of hydrogen-bond donors (Lipinski definition) is 2. The molecule has 128 valence electrons. The summed E-state index contributed by atoms with van der Waals surface area (Å²) in [6, 6.07) is 5.19. The van der Waals surface area contributed by atoms with Gasteiger partial charge < -0.3 is 5.32 Å². The Hall–Kier alpha value is -2.31. The van der Waals surface area contributed by atoms with Gasteiger partial charge in [0.15, 0.2) is 5.69 Å². The zero-order chi connectivity index (χ0) is 17.5. The summed E-state index contributed by atoms with van der Waals surface area (Å²) in [5.74, 6) is -0.367. The van der Waals surface area contributed by atoms with Crippen LogP contribution in [0.25, 0.3) is 0 Å². The molecule has 0 saturated heterocycles. The van der Waals surface area contributed by atoms with Crippen molar-refractivity contribution < 1.29 is 18.0 Å². The molecule has 0 unspecified atom stereocenters. The second-order valence-electron chi connectivity index (χ2n) is 6.29. The average Bonchev–Trinajstić information content (AvgIpc) is 2.82. The second kappa shape index (κ2) is 5.65. The maximum absolute atomic E-state index is 13.0. The van der Waals surface area contributed by atoms with E-state index in [1.807, 2.05) is 6.92 Å². The maximum atomic E-state index is 13.0. The molecule has 0 atom stereocenters. The molecule has 1 saturated carbocycles. The summed E-state index contributed by atoms with van der Waals surface area (Å²) in [5.41, 5.74) is 0.852. The van der Waals surface area contributed by atoms with Crippen LogP contribution in [0.4, 0.5) is 13.2 Å². The van der Waals surface area contributed by atoms with Crippen LogP contribution in [-0.2, 0) is 11.7 Å². The Morgan fingerprint density at radius 1 is 1.29 bits per heavy atom. The molecule has 3 rings (SSSR count). The van der Waals surface area contributed by atoms with Crippen molar-refractivity contribution in [2.45, 2.75) is 44.8 Å². The predicted molar refractivity (Wildman–Crippen MR) is 82.5 cm³/mol. The highest BCUT2D eigenvalue weighted by molar-refractivity contribution is 5.94. The number of H-pyrrole nitrogens is 1. The number of aromatic nitrogens is 2. The van der Waals surface area contributed by atoms with Crippen molar-refractivity contribution in [3.05, 3.63) is 52.3 Å². The van der Waals surface area contributed by atoms with E-state index in [1.165, 1.54) is 6.07 Å². The summed E-state index contributed by atoms with van der Waals surface area (Å²) >= 11 is 0. The van der Waals surface area contributed by atoms with Crippen LogP contribution in [0, 0.1) is 13.8 Å². The van der Waals surface area contributed by atoms with Crippen molar-refractivity contribution in [3.63, 3.8) is 0 Å². The van der Waals surface area contributed by atoms with Crippen LogP contribution in [0.3, 0.4) is 0 Å². The lowest BCUT2D eigenvalue weighted by Gasteiger charge is -2.43. The zero-order valence-corrected chi connectivity index (χ0v) is 13.4. The third-order valence-corrected chi connectivity index (χ3v) is 4.77. The minimum absolute atomic E-state index is 0.283. The number of nitrogens with one attached hydrogen (secondary N) is 2. The van der Waals surface area contributed by atoms with Crippen LogP contribution in [0.2, 0.25) is 0 Å². The molecular weight excluding hydrogens is 319 g/mol. The fourth-order valence-electron chi connectivity index (χ4n) is 2.99. The Balaban J connectivity index is 1.90. The van der Waals surface area contributed by atoms with Crippen LogP contribution in [0.15, 0.2) is 24.3 Å². The molecule has 2 N–H and O–H groups in total. The number of nitrogens with zero attached hydrogens (tertiary/aromatic N) is 1. The Morgan fingerprint density at radius 3 is 2.50 bits per heavy atom. The van der Waals surface area contributed by atoms with E-state index in [1.54, 1.807) is 13.0 Å². The van der Waals surface area contributed by atoms with Gasteiger partial charge in [-0.15, -0.1) is 0 Å². The molecule has 24 heavy (non-hydrogen) atoms. The first-order valence-electron chi connectivity index (χ1n) is 7.75. The van der Waals surface area contributed by atoms with Crippen LogP contribution in [0.1, 0.15) is 52.1 Å². The van der Waals surface area contributed by atoms with Gasteiger partial charge in [-0.05, 0) is 50.8 Å². The lowest BCUT2D eigenvalue weighted by atomic mass is 9.71. The van der Waals surface area contributed by atoms with E-state index in [0.717, 1.165) is 29.8 Å². The van der Waals surface area contributed by atoms with E-state index >= 15 is 0 Å². The molecule has 4 nitrogen and oxygen atoms in total. The molecule has 1 aromatic heterocycles. The first-order valence-corrected chi connectivity index (χ1v) is 7.75. The summed E-state index contributed by atoms with van der Waals surface area (Å²) in [6.45, 7) is 3.59. The van der Waals surface area contributed by atoms with Crippen molar-refractivity contribution >= 4 is 5.91 Å². The molecule has 0 spiro atoms. The van der Waals surface area contributed by atoms with Crippen LogP contribution in [-0.4, -0.2) is 16.1 Å². The number of carbonyl (C=O) groups excluding carboxylic acids is 1. The normalized spacial score (nSPS) is 16.5. The highest BCUT2D eigenvalue weighted by atomic mass is 19.4. The first kappa shape index (κ1) is 16.5. The molecule has 1 heterocycles. The highest BCUT2D eigenvalue weighted by Crippen LogP contribution is 2.43. The second-order valence-corrected chi connectivity index (χ2v) is 6.29. The molecule has 1 fully saturated rings. The number of aryl methyl sites for hydroxylation is 1. The molecule has 0 aliphatic heterocycles. The van der Waals surface area contributed by atoms with Crippen molar-refractivity contribution in [1.29, 1.82) is 0 Å². The SMILES string of the molecule is Cc1[nH]nc(C(=O)NC2(c3cccc(C(F)(F)F)c3)CCC2)c1C. The number of benzene rings is 1. The van der Waals surface area contributed by atoms with Gasteiger partial charge in [0, 0.05) is 11.3 Å². The number of alkyl halides is 3. The van der Waals surface area contributed by atoms with E-state index in [0.29, 0.717) is 18.4 Å². The lowest BCUT2D eigenvalue weighted by Crippen LogP contribution is -2.51. The van der Waals surface area contributed by atoms with Gasteiger partial charge in [0.2, 0.25) is 0 Å². The number of carbonyl (C=O) groups is 1. The molecule has 0 bridgehead atoms. The molecule has 1 amide bonds. The average molecular weight is 337 g/mol. The van der Waals surface area contributed by atoms with Crippen molar-refractivity contribution in [3.8, 4) is 0 Å². The van der Waals surface area contributed by atoms with E-state index in [2.05, 4.69) is 15.5 Å². The summed E-state index contributed by atoms with van der Waals surface area (Å²) < 4.78 is 38.9. The van der Waals surface area contributed by atoms with Gasteiger partial charge in [-0.3, -0.25) is 9.89 Å². The zero-order valence-electron chi connectivity index (χ0n) is 13.4. The van der Waals surface area contributed by atoms with Gasteiger partial charge in [-0.2, -0.15) is 18.3 Å². The monoisotopic (exact) mass is 337 g/mol. The van der Waals surface area contributed by atoms with E-state index in [9.17, 15) is 18.0 Å². The quantitative estimate of drug-likeness (QED) is 0.894. The minimum atomic E-state index is -4.40. The number of hydrogen-bond acceptors (Lipinski definition) is 2. The van der Waals surface area contributed by atoms with Gasteiger partial charge in [0.05, 0.1) is 11.1 Å². The third kappa shape index (κ3) is 2.79. The molecule has 0 radical (unpaired) electrons. The summed E-state index contributed by atoms with van der Waals surface area (Å²) in [4.78, 5) is 12.5. The maximum Gasteiger partial charge on any atom is 0.416 e. The molecule has 7 heteroatoms. The van der Waals surface area contributed by atoms with Crippen LogP contribution >= 0.6 is 0 Å². The van der Waals surface area contributed by atoms with Crippen LogP contribution < -0.4 is 5.32 Å². The van der Waals surface area contributed by atoms with Crippen molar-refractivity contribution in [2.24, 2.45) is 0 Å². The van der Waals surface area contributed by atoms with Gasteiger partial charge in [-0.1, -0.05) is 12.1 Å². The number of halogens is 3. The minimum Gasteiger partial charge on any atom is -0.341 e. The Bertz CT molecular complexity index is 776. The Morgan fingerprint density at radius 2 is 2.00 bits per heavy atom.